The lowest BCUT2D eigenvalue weighted by Crippen LogP contribution is -2.44. The molecule has 1 rings (SSSR count). The minimum Gasteiger partial charge on any atom is -0.355 e. The zero-order valence-corrected chi connectivity index (χ0v) is 11.4. The molecule has 0 aromatic heterocycles. The van der Waals surface area contributed by atoms with E-state index in [0.717, 1.165) is 19.5 Å². The van der Waals surface area contributed by atoms with E-state index in [-0.39, 0.29) is 11.8 Å². The maximum absolute atomic E-state index is 11.7. The Bertz CT molecular complexity index is 275. The monoisotopic (exact) mass is 255 g/mol. The number of likely N-dealkylation sites (N-methyl/N-ethyl adjacent to an activating group) is 1. The van der Waals surface area contributed by atoms with Crippen molar-refractivity contribution in [2.45, 2.75) is 45.6 Å². The summed E-state index contributed by atoms with van der Waals surface area (Å²) in [5.41, 5.74) is 0. The first kappa shape index (κ1) is 15.0. The van der Waals surface area contributed by atoms with Crippen LogP contribution in [-0.4, -0.2) is 37.5 Å². The number of carbonyl (C=O) groups excluding carboxylic acids is 2. The van der Waals surface area contributed by atoms with Crippen LogP contribution in [0.5, 0.6) is 0 Å². The molecule has 2 atom stereocenters. The van der Waals surface area contributed by atoms with E-state index < -0.39 is 6.04 Å². The predicted molar refractivity (Wildman–Crippen MR) is 71.1 cm³/mol. The largest absolute Gasteiger partial charge is 0.355 e. The highest BCUT2D eigenvalue weighted by atomic mass is 16.2. The van der Waals surface area contributed by atoms with Crippen LogP contribution in [0, 0.1) is 5.92 Å². The lowest BCUT2D eigenvalue weighted by atomic mass is 9.94. The van der Waals surface area contributed by atoms with Crippen molar-refractivity contribution in [3.8, 4) is 0 Å². The van der Waals surface area contributed by atoms with E-state index in [1.165, 1.54) is 12.8 Å². The average molecular weight is 255 g/mol. The van der Waals surface area contributed by atoms with Crippen molar-refractivity contribution in [2.75, 3.05) is 19.6 Å². The average Bonchev–Trinajstić information content (AvgIpc) is 2.38. The Hall–Kier alpha value is -1.10. The predicted octanol–water partition coefficient (Wildman–Crippen LogP) is 0.407. The number of rotatable bonds is 6. The summed E-state index contributed by atoms with van der Waals surface area (Å²) in [4.78, 5) is 23.1. The smallest absolute Gasteiger partial charge is 0.242 e. The standard InChI is InChI=1S/C13H25N3O2/c1-3-15-13(18)10(2)16-12(17)7-6-11-5-4-8-14-9-11/h10-11,14H,3-9H2,1-2H3,(H,15,18)(H,16,17). The van der Waals surface area contributed by atoms with Gasteiger partial charge in [-0.3, -0.25) is 9.59 Å². The highest BCUT2D eigenvalue weighted by molar-refractivity contribution is 5.87. The molecule has 1 heterocycles. The van der Waals surface area contributed by atoms with Gasteiger partial charge in [-0.2, -0.15) is 0 Å². The fourth-order valence-corrected chi connectivity index (χ4v) is 2.21. The second kappa shape index (κ2) is 8.08. The summed E-state index contributed by atoms with van der Waals surface area (Å²) in [6.07, 6.45) is 3.81. The first-order valence-electron chi connectivity index (χ1n) is 6.91. The lowest BCUT2D eigenvalue weighted by Gasteiger charge is -2.22. The Balaban J connectivity index is 2.18. The molecule has 3 N–H and O–H groups in total. The van der Waals surface area contributed by atoms with E-state index in [1.807, 2.05) is 6.92 Å². The van der Waals surface area contributed by atoms with E-state index in [0.29, 0.717) is 18.9 Å². The molecule has 1 saturated heterocycles. The second-order valence-corrected chi connectivity index (χ2v) is 4.93. The van der Waals surface area contributed by atoms with Gasteiger partial charge in [-0.15, -0.1) is 0 Å². The van der Waals surface area contributed by atoms with E-state index in [9.17, 15) is 9.59 Å². The third kappa shape index (κ3) is 5.49. The Kier molecular flexibility index (Phi) is 6.72. The summed E-state index contributed by atoms with van der Waals surface area (Å²) >= 11 is 0. The number of amides is 2. The molecule has 18 heavy (non-hydrogen) atoms. The topological polar surface area (TPSA) is 70.2 Å². The maximum Gasteiger partial charge on any atom is 0.242 e. The summed E-state index contributed by atoms with van der Waals surface area (Å²) in [7, 11) is 0. The first-order chi connectivity index (χ1) is 8.63. The van der Waals surface area contributed by atoms with Crippen LogP contribution in [0.3, 0.4) is 0 Å². The number of hydrogen-bond donors (Lipinski definition) is 3. The van der Waals surface area contributed by atoms with Crippen molar-refractivity contribution in [3.63, 3.8) is 0 Å². The van der Waals surface area contributed by atoms with Crippen LogP contribution in [0.4, 0.5) is 0 Å². The fraction of sp³-hybridized carbons (Fsp3) is 0.846. The Morgan fingerprint density at radius 1 is 1.44 bits per heavy atom. The summed E-state index contributed by atoms with van der Waals surface area (Å²) < 4.78 is 0. The molecule has 0 aromatic carbocycles. The molecular weight excluding hydrogens is 230 g/mol. The summed E-state index contributed by atoms with van der Waals surface area (Å²) in [6.45, 7) is 6.27. The summed E-state index contributed by atoms with van der Waals surface area (Å²) in [5, 5.41) is 8.76. The Morgan fingerprint density at radius 2 is 2.22 bits per heavy atom. The van der Waals surface area contributed by atoms with Crippen molar-refractivity contribution in [2.24, 2.45) is 5.92 Å². The molecule has 0 saturated carbocycles. The minimum atomic E-state index is -0.443. The second-order valence-electron chi connectivity index (χ2n) is 4.93. The first-order valence-corrected chi connectivity index (χ1v) is 6.91. The van der Waals surface area contributed by atoms with Gasteiger partial charge in [0.1, 0.15) is 6.04 Å². The molecule has 0 aromatic rings. The van der Waals surface area contributed by atoms with Gasteiger partial charge in [-0.05, 0) is 52.1 Å². The third-order valence-electron chi connectivity index (χ3n) is 3.30. The van der Waals surface area contributed by atoms with Gasteiger partial charge in [0, 0.05) is 13.0 Å². The lowest BCUT2D eigenvalue weighted by molar-refractivity contribution is -0.128. The molecule has 5 nitrogen and oxygen atoms in total. The minimum absolute atomic E-state index is 0.0284. The van der Waals surface area contributed by atoms with E-state index >= 15 is 0 Å². The molecule has 0 spiro atoms. The molecule has 0 bridgehead atoms. The van der Waals surface area contributed by atoms with Gasteiger partial charge in [0.2, 0.25) is 11.8 Å². The van der Waals surface area contributed by atoms with Crippen molar-refractivity contribution in [3.05, 3.63) is 0 Å². The third-order valence-corrected chi connectivity index (χ3v) is 3.30. The number of hydrogen-bond acceptors (Lipinski definition) is 3. The fourth-order valence-electron chi connectivity index (χ4n) is 2.21. The number of carbonyl (C=O) groups is 2. The molecule has 1 aliphatic rings. The van der Waals surface area contributed by atoms with Gasteiger partial charge in [0.05, 0.1) is 0 Å². The van der Waals surface area contributed by atoms with Crippen LogP contribution >= 0.6 is 0 Å². The molecule has 104 valence electrons. The van der Waals surface area contributed by atoms with Crippen molar-refractivity contribution in [1.82, 2.24) is 16.0 Å². The van der Waals surface area contributed by atoms with Crippen molar-refractivity contribution >= 4 is 11.8 Å². The summed E-state index contributed by atoms with van der Waals surface area (Å²) in [5.74, 6) is 0.453. The van der Waals surface area contributed by atoms with Gasteiger partial charge in [0.25, 0.3) is 0 Å². The van der Waals surface area contributed by atoms with Crippen LogP contribution in [0.2, 0.25) is 0 Å². The van der Waals surface area contributed by atoms with Crippen LogP contribution in [-0.2, 0) is 9.59 Å². The molecule has 0 aliphatic carbocycles. The molecule has 1 aliphatic heterocycles. The summed E-state index contributed by atoms with van der Waals surface area (Å²) in [6, 6.07) is -0.443. The molecule has 2 amide bonds. The highest BCUT2D eigenvalue weighted by Crippen LogP contribution is 2.15. The van der Waals surface area contributed by atoms with E-state index in [2.05, 4.69) is 16.0 Å². The normalized spacial score (nSPS) is 21.1. The number of nitrogens with one attached hydrogen (secondary N) is 3. The molecular formula is C13H25N3O2. The van der Waals surface area contributed by atoms with E-state index in [4.69, 9.17) is 0 Å². The van der Waals surface area contributed by atoms with Gasteiger partial charge in [0.15, 0.2) is 0 Å². The van der Waals surface area contributed by atoms with Crippen LogP contribution in [0.25, 0.3) is 0 Å². The molecule has 1 fully saturated rings. The maximum atomic E-state index is 11.7. The Morgan fingerprint density at radius 3 is 2.83 bits per heavy atom. The SMILES string of the molecule is CCNC(=O)C(C)NC(=O)CCC1CCCNC1. The molecule has 5 heteroatoms. The molecule has 2 unspecified atom stereocenters. The van der Waals surface area contributed by atoms with Gasteiger partial charge in [-0.25, -0.2) is 0 Å². The Labute approximate surface area is 109 Å². The van der Waals surface area contributed by atoms with Gasteiger partial charge >= 0.3 is 0 Å². The molecule has 0 radical (unpaired) electrons. The van der Waals surface area contributed by atoms with E-state index in [1.54, 1.807) is 6.92 Å². The van der Waals surface area contributed by atoms with Crippen LogP contribution < -0.4 is 16.0 Å². The number of piperidine rings is 1. The van der Waals surface area contributed by atoms with Crippen LogP contribution in [0.15, 0.2) is 0 Å². The van der Waals surface area contributed by atoms with Gasteiger partial charge in [-0.1, -0.05) is 0 Å². The van der Waals surface area contributed by atoms with Gasteiger partial charge < -0.3 is 16.0 Å². The van der Waals surface area contributed by atoms with Crippen molar-refractivity contribution in [1.29, 1.82) is 0 Å². The quantitative estimate of drug-likeness (QED) is 0.644. The van der Waals surface area contributed by atoms with Crippen molar-refractivity contribution < 1.29 is 9.59 Å². The zero-order valence-electron chi connectivity index (χ0n) is 11.4. The zero-order chi connectivity index (χ0) is 13.4. The van der Waals surface area contributed by atoms with Crippen LogP contribution in [0.1, 0.15) is 39.5 Å². The highest BCUT2D eigenvalue weighted by Gasteiger charge is 2.17.